The molecule has 0 aliphatic heterocycles. The second-order valence-corrected chi connectivity index (χ2v) is 4.37. The normalized spacial score (nSPS) is 16.9. The highest BCUT2D eigenvalue weighted by Gasteiger charge is 2.08. The maximum Gasteiger partial charge on any atom is 0.240 e. The van der Waals surface area contributed by atoms with Crippen molar-refractivity contribution in [2.75, 3.05) is 0 Å². The van der Waals surface area contributed by atoms with Crippen LogP contribution in [0.3, 0.4) is 0 Å². The molecule has 1 amide bonds. The predicted octanol–water partition coefficient (Wildman–Crippen LogP) is 2.47. The van der Waals surface area contributed by atoms with Crippen LogP contribution in [-0.2, 0) is 4.79 Å². The third-order valence-corrected chi connectivity index (χ3v) is 2.36. The fourth-order valence-corrected chi connectivity index (χ4v) is 1.63. The average molecular weight is 196 g/mol. The monoisotopic (exact) mass is 196 g/mol. The molecular formula is C11H20N2O. The zero-order chi connectivity index (χ0) is 10.4. The van der Waals surface area contributed by atoms with Gasteiger partial charge in [-0.15, -0.1) is 0 Å². The summed E-state index contributed by atoms with van der Waals surface area (Å²) in [6.45, 7) is 4.07. The van der Waals surface area contributed by atoms with Crippen molar-refractivity contribution in [1.82, 2.24) is 5.43 Å². The third-order valence-electron chi connectivity index (χ3n) is 2.36. The Bertz CT molecular complexity index is 213. The van der Waals surface area contributed by atoms with E-state index in [1.165, 1.54) is 19.3 Å². The summed E-state index contributed by atoms with van der Waals surface area (Å²) in [6.07, 6.45) is 6.43. The second kappa shape index (κ2) is 5.78. The molecule has 80 valence electrons. The Hall–Kier alpha value is -0.860. The highest BCUT2D eigenvalue weighted by molar-refractivity contribution is 5.86. The van der Waals surface area contributed by atoms with E-state index in [9.17, 15) is 4.79 Å². The molecule has 1 rings (SSSR count). The number of carbonyl (C=O) groups excluding carboxylic acids is 1. The van der Waals surface area contributed by atoms with Gasteiger partial charge in [0.1, 0.15) is 0 Å². The van der Waals surface area contributed by atoms with Crippen molar-refractivity contribution in [2.24, 2.45) is 11.0 Å². The summed E-state index contributed by atoms with van der Waals surface area (Å²) in [6, 6.07) is 0. The van der Waals surface area contributed by atoms with Crippen molar-refractivity contribution >= 4 is 11.6 Å². The van der Waals surface area contributed by atoms with Gasteiger partial charge in [0.05, 0.1) is 0 Å². The summed E-state index contributed by atoms with van der Waals surface area (Å²) in [5, 5.41) is 4.15. The molecule has 3 nitrogen and oxygen atoms in total. The van der Waals surface area contributed by atoms with Gasteiger partial charge in [0.2, 0.25) is 5.91 Å². The Morgan fingerprint density at radius 3 is 2.57 bits per heavy atom. The lowest BCUT2D eigenvalue weighted by atomic mass is 9.99. The lowest BCUT2D eigenvalue weighted by Crippen LogP contribution is -2.21. The molecule has 0 atom stereocenters. The van der Waals surface area contributed by atoms with E-state index in [-0.39, 0.29) is 5.91 Å². The zero-order valence-electron chi connectivity index (χ0n) is 9.18. The van der Waals surface area contributed by atoms with Crippen LogP contribution < -0.4 is 5.43 Å². The van der Waals surface area contributed by atoms with Gasteiger partial charge in [0.15, 0.2) is 0 Å². The van der Waals surface area contributed by atoms with Gasteiger partial charge in [-0.3, -0.25) is 4.79 Å². The maximum atomic E-state index is 11.3. The number of carbonyl (C=O) groups is 1. The van der Waals surface area contributed by atoms with Gasteiger partial charge in [-0.25, -0.2) is 5.43 Å². The topological polar surface area (TPSA) is 41.5 Å². The number of nitrogens with one attached hydrogen (secondary N) is 1. The molecule has 0 bridgehead atoms. The molecule has 1 fully saturated rings. The summed E-state index contributed by atoms with van der Waals surface area (Å²) in [5.74, 6) is 0.444. The van der Waals surface area contributed by atoms with Crippen LogP contribution in [-0.4, -0.2) is 11.6 Å². The fraction of sp³-hybridized carbons (Fsp3) is 0.818. The van der Waals surface area contributed by atoms with Gasteiger partial charge in [-0.05, 0) is 31.6 Å². The highest BCUT2D eigenvalue weighted by atomic mass is 16.2. The van der Waals surface area contributed by atoms with Crippen LogP contribution >= 0.6 is 0 Å². The molecule has 3 heteroatoms. The van der Waals surface area contributed by atoms with E-state index >= 15 is 0 Å². The summed E-state index contributed by atoms with van der Waals surface area (Å²) >= 11 is 0. The Morgan fingerprint density at radius 1 is 1.36 bits per heavy atom. The quantitative estimate of drug-likeness (QED) is 0.692. The SMILES string of the molecule is CC(C)CC(=O)NN=C1CCCCC1. The molecule has 14 heavy (non-hydrogen) atoms. The Kier molecular flexibility index (Phi) is 4.63. The van der Waals surface area contributed by atoms with Crippen LogP contribution in [0.2, 0.25) is 0 Å². The number of hydrazone groups is 1. The van der Waals surface area contributed by atoms with Crippen molar-refractivity contribution in [3.8, 4) is 0 Å². The van der Waals surface area contributed by atoms with Crippen LogP contribution in [0.4, 0.5) is 0 Å². The molecule has 1 saturated carbocycles. The van der Waals surface area contributed by atoms with E-state index in [1.54, 1.807) is 0 Å². The smallest absolute Gasteiger partial charge is 0.240 e. The van der Waals surface area contributed by atoms with E-state index in [0.29, 0.717) is 12.3 Å². The summed E-state index contributed by atoms with van der Waals surface area (Å²) in [5.41, 5.74) is 3.79. The summed E-state index contributed by atoms with van der Waals surface area (Å²) in [7, 11) is 0. The minimum absolute atomic E-state index is 0.0399. The molecule has 0 unspecified atom stereocenters. The molecule has 0 aromatic heterocycles. The average Bonchev–Trinajstić information content (AvgIpc) is 2.15. The Morgan fingerprint density at radius 2 is 2.00 bits per heavy atom. The molecule has 0 radical (unpaired) electrons. The number of hydrogen-bond donors (Lipinski definition) is 1. The van der Waals surface area contributed by atoms with Gasteiger partial charge in [-0.2, -0.15) is 5.10 Å². The molecular weight excluding hydrogens is 176 g/mol. The van der Waals surface area contributed by atoms with E-state index in [1.807, 2.05) is 13.8 Å². The van der Waals surface area contributed by atoms with Crippen molar-refractivity contribution in [2.45, 2.75) is 52.4 Å². The van der Waals surface area contributed by atoms with Gasteiger partial charge < -0.3 is 0 Å². The fourth-order valence-electron chi connectivity index (χ4n) is 1.63. The number of nitrogens with zero attached hydrogens (tertiary/aromatic N) is 1. The maximum absolute atomic E-state index is 11.3. The lowest BCUT2D eigenvalue weighted by molar-refractivity contribution is -0.121. The lowest BCUT2D eigenvalue weighted by Gasteiger charge is -2.12. The summed E-state index contributed by atoms with van der Waals surface area (Å²) in [4.78, 5) is 11.3. The molecule has 0 saturated heterocycles. The van der Waals surface area contributed by atoms with E-state index < -0.39 is 0 Å². The van der Waals surface area contributed by atoms with Crippen LogP contribution in [0.25, 0.3) is 0 Å². The minimum Gasteiger partial charge on any atom is -0.273 e. The summed E-state index contributed by atoms with van der Waals surface area (Å²) < 4.78 is 0. The van der Waals surface area contributed by atoms with Crippen LogP contribution in [0.1, 0.15) is 52.4 Å². The van der Waals surface area contributed by atoms with Crippen LogP contribution in [0, 0.1) is 5.92 Å². The van der Waals surface area contributed by atoms with Gasteiger partial charge in [-0.1, -0.05) is 20.3 Å². The van der Waals surface area contributed by atoms with Gasteiger partial charge in [0.25, 0.3) is 0 Å². The zero-order valence-corrected chi connectivity index (χ0v) is 9.18. The first-order chi connectivity index (χ1) is 6.68. The number of hydrogen-bond acceptors (Lipinski definition) is 2. The number of amides is 1. The second-order valence-electron chi connectivity index (χ2n) is 4.37. The first-order valence-corrected chi connectivity index (χ1v) is 5.52. The van der Waals surface area contributed by atoms with Crippen molar-refractivity contribution in [3.63, 3.8) is 0 Å². The van der Waals surface area contributed by atoms with E-state index in [4.69, 9.17) is 0 Å². The van der Waals surface area contributed by atoms with Crippen LogP contribution in [0.5, 0.6) is 0 Å². The predicted molar refractivity (Wildman–Crippen MR) is 58.1 cm³/mol. The molecule has 0 aromatic carbocycles. The Labute approximate surface area is 86.0 Å². The largest absolute Gasteiger partial charge is 0.273 e. The van der Waals surface area contributed by atoms with Gasteiger partial charge >= 0.3 is 0 Å². The first-order valence-electron chi connectivity index (χ1n) is 5.52. The minimum atomic E-state index is 0.0399. The first kappa shape index (κ1) is 11.2. The molecule has 0 heterocycles. The molecule has 1 N–H and O–H groups in total. The standard InChI is InChI=1S/C11H20N2O/c1-9(2)8-11(14)13-12-10-6-4-3-5-7-10/h9H,3-8H2,1-2H3,(H,13,14). The number of rotatable bonds is 3. The van der Waals surface area contributed by atoms with Gasteiger partial charge in [0, 0.05) is 12.1 Å². The van der Waals surface area contributed by atoms with E-state index in [0.717, 1.165) is 18.6 Å². The van der Waals surface area contributed by atoms with Crippen molar-refractivity contribution in [3.05, 3.63) is 0 Å². The van der Waals surface area contributed by atoms with Crippen molar-refractivity contribution in [1.29, 1.82) is 0 Å². The molecule has 1 aliphatic carbocycles. The highest BCUT2D eigenvalue weighted by Crippen LogP contribution is 2.14. The van der Waals surface area contributed by atoms with Crippen molar-refractivity contribution < 1.29 is 4.79 Å². The van der Waals surface area contributed by atoms with E-state index in [2.05, 4.69) is 10.5 Å². The molecule has 1 aliphatic rings. The third kappa shape index (κ3) is 4.40. The molecule has 0 spiro atoms. The Balaban J connectivity index is 2.26. The molecule has 0 aromatic rings. The van der Waals surface area contributed by atoms with Crippen LogP contribution in [0.15, 0.2) is 5.10 Å².